The van der Waals surface area contributed by atoms with Crippen LogP contribution < -0.4 is 10.7 Å². The van der Waals surface area contributed by atoms with E-state index in [9.17, 15) is 4.79 Å². The van der Waals surface area contributed by atoms with E-state index < -0.39 is 0 Å². The molecule has 0 aliphatic carbocycles. The van der Waals surface area contributed by atoms with Crippen LogP contribution >= 0.6 is 0 Å². The Hall–Kier alpha value is -3.19. The average Bonchev–Trinajstić information content (AvgIpc) is 3.40. The summed E-state index contributed by atoms with van der Waals surface area (Å²) in [6, 6.07) is 7.91. The number of hydrogen-bond acceptors (Lipinski definition) is 5. The van der Waals surface area contributed by atoms with E-state index in [-0.39, 0.29) is 5.43 Å². The van der Waals surface area contributed by atoms with Gasteiger partial charge in [0.05, 0.1) is 39.0 Å². The number of nitrogens with one attached hydrogen (secondary N) is 2. The fraction of sp³-hybridized carbons (Fsp3) is 0.318. The monoisotopic (exact) mass is 386 g/mol. The van der Waals surface area contributed by atoms with Gasteiger partial charge in [-0.1, -0.05) is 6.42 Å². The summed E-state index contributed by atoms with van der Waals surface area (Å²) < 4.78 is 2.03. The van der Waals surface area contributed by atoms with Crippen molar-refractivity contribution in [2.75, 3.05) is 31.5 Å². The number of nitrogens with zero attached hydrogens (tertiary/aromatic N) is 4. The minimum atomic E-state index is 0.0334. The molecule has 0 unspecified atom stereocenters. The number of pyridine rings is 1. The van der Waals surface area contributed by atoms with E-state index in [0.29, 0.717) is 10.8 Å². The lowest BCUT2D eigenvalue weighted by atomic mass is 10.0. The molecule has 1 fully saturated rings. The molecule has 1 saturated heterocycles. The van der Waals surface area contributed by atoms with Gasteiger partial charge in [-0.25, -0.2) is 4.98 Å². The highest BCUT2D eigenvalue weighted by atomic mass is 16.1. The van der Waals surface area contributed by atoms with E-state index in [1.54, 1.807) is 6.20 Å². The van der Waals surface area contributed by atoms with Crippen molar-refractivity contribution < 1.29 is 0 Å². The molecule has 4 heterocycles. The molecule has 3 aromatic heterocycles. The van der Waals surface area contributed by atoms with Crippen LogP contribution in [0.4, 0.5) is 5.69 Å². The molecule has 0 saturated carbocycles. The molecule has 7 nitrogen and oxygen atoms in total. The van der Waals surface area contributed by atoms with E-state index >= 15 is 0 Å². The number of rotatable bonds is 4. The largest absolute Gasteiger partial charge is 0.383 e. The predicted molar refractivity (Wildman–Crippen MR) is 116 cm³/mol. The van der Waals surface area contributed by atoms with Gasteiger partial charge in [0.15, 0.2) is 5.43 Å². The number of piperidine rings is 1. The molecule has 0 atom stereocenters. The van der Waals surface area contributed by atoms with Gasteiger partial charge in [-0.3, -0.25) is 14.3 Å². The summed E-state index contributed by atoms with van der Waals surface area (Å²) in [7, 11) is 0. The summed E-state index contributed by atoms with van der Waals surface area (Å²) in [4.78, 5) is 20.7. The zero-order valence-electron chi connectivity index (χ0n) is 16.1. The summed E-state index contributed by atoms with van der Waals surface area (Å²) in [5.74, 6) is 0. The molecule has 1 aliphatic rings. The number of fused-ring (bicyclic) bond motifs is 4. The van der Waals surface area contributed by atoms with Crippen LogP contribution in [0.5, 0.6) is 0 Å². The van der Waals surface area contributed by atoms with Gasteiger partial charge in [-0.15, -0.1) is 0 Å². The maximum absolute atomic E-state index is 13.7. The lowest BCUT2D eigenvalue weighted by Gasteiger charge is -2.26. The first-order valence-corrected chi connectivity index (χ1v) is 10.3. The molecule has 0 spiro atoms. The third-order valence-electron chi connectivity index (χ3n) is 6.22. The maximum atomic E-state index is 13.7. The molecular formula is C22H22N6O. The summed E-state index contributed by atoms with van der Waals surface area (Å²) >= 11 is 0. The van der Waals surface area contributed by atoms with Gasteiger partial charge in [0.1, 0.15) is 6.33 Å². The summed E-state index contributed by atoms with van der Waals surface area (Å²) in [6.07, 6.45) is 7.45. The van der Waals surface area contributed by atoms with Crippen molar-refractivity contribution >= 4 is 43.9 Å². The third kappa shape index (κ3) is 2.50. The van der Waals surface area contributed by atoms with E-state index in [1.165, 1.54) is 32.4 Å². The van der Waals surface area contributed by atoms with Crippen LogP contribution in [0.15, 0.2) is 41.6 Å². The third-order valence-corrected chi connectivity index (χ3v) is 6.22. The highest BCUT2D eigenvalue weighted by Crippen LogP contribution is 2.30. The van der Waals surface area contributed by atoms with E-state index in [1.807, 2.05) is 35.0 Å². The van der Waals surface area contributed by atoms with Crippen molar-refractivity contribution in [1.29, 1.82) is 0 Å². The van der Waals surface area contributed by atoms with Crippen LogP contribution in [0.25, 0.3) is 38.2 Å². The van der Waals surface area contributed by atoms with Crippen molar-refractivity contribution in [3.8, 4) is 0 Å². The Labute approximate surface area is 166 Å². The molecular weight excluding hydrogens is 364 g/mol. The summed E-state index contributed by atoms with van der Waals surface area (Å²) in [5.41, 5.74) is 4.37. The number of aromatic amines is 1. The maximum Gasteiger partial charge on any atom is 0.200 e. The number of aromatic nitrogens is 4. The zero-order valence-corrected chi connectivity index (χ0v) is 16.1. The molecule has 2 N–H and O–H groups in total. The predicted octanol–water partition coefficient (Wildman–Crippen LogP) is 3.21. The minimum absolute atomic E-state index is 0.0334. The Morgan fingerprint density at radius 3 is 2.86 bits per heavy atom. The Morgan fingerprint density at radius 2 is 1.97 bits per heavy atom. The van der Waals surface area contributed by atoms with E-state index in [2.05, 4.69) is 25.4 Å². The van der Waals surface area contributed by atoms with Crippen LogP contribution in [-0.2, 0) is 0 Å². The zero-order chi connectivity index (χ0) is 19.4. The van der Waals surface area contributed by atoms with Gasteiger partial charge in [0.2, 0.25) is 0 Å². The molecule has 6 rings (SSSR count). The first-order valence-electron chi connectivity index (χ1n) is 10.3. The van der Waals surface area contributed by atoms with Crippen molar-refractivity contribution in [2.24, 2.45) is 0 Å². The number of benzene rings is 2. The molecule has 0 radical (unpaired) electrons. The van der Waals surface area contributed by atoms with Crippen LogP contribution in [-0.4, -0.2) is 50.7 Å². The van der Waals surface area contributed by atoms with Gasteiger partial charge in [-0.2, -0.15) is 5.10 Å². The minimum Gasteiger partial charge on any atom is -0.383 e. The van der Waals surface area contributed by atoms with E-state index in [4.69, 9.17) is 0 Å². The highest BCUT2D eigenvalue weighted by molar-refractivity contribution is 6.13. The van der Waals surface area contributed by atoms with Crippen molar-refractivity contribution in [2.45, 2.75) is 19.3 Å². The molecule has 0 amide bonds. The first-order chi connectivity index (χ1) is 14.3. The number of imidazole rings is 1. The van der Waals surface area contributed by atoms with Crippen molar-refractivity contribution in [3.63, 3.8) is 0 Å². The number of H-pyrrole nitrogens is 1. The number of hydrogen-bond donors (Lipinski definition) is 2. The molecule has 146 valence electrons. The summed E-state index contributed by atoms with van der Waals surface area (Å²) in [6.45, 7) is 4.16. The van der Waals surface area contributed by atoms with Gasteiger partial charge in [0.25, 0.3) is 0 Å². The normalized spacial score (nSPS) is 15.9. The lowest BCUT2D eigenvalue weighted by Crippen LogP contribution is -2.33. The van der Waals surface area contributed by atoms with Gasteiger partial charge in [0, 0.05) is 24.2 Å². The van der Waals surface area contributed by atoms with Gasteiger partial charge >= 0.3 is 0 Å². The van der Waals surface area contributed by atoms with Gasteiger partial charge in [-0.05, 0) is 50.2 Å². The van der Waals surface area contributed by atoms with Crippen LogP contribution in [0.3, 0.4) is 0 Å². The Morgan fingerprint density at radius 1 is 1.07 bits per heavy atom. The number of likely N-dealkylation sites (tertiary alicyclic amines) is 1. The van der Waals surface area contributed by atoms with Crippen LogP contribution in [0, 0.1) is 0 Å². The second-order valence-electron chi connectivity index (χ2n) is 7.92. The molecule has 5 aromatic rings. The molecule has 7 heteroatoms. The molecule has 1 aliphatic heterocycles. The van der Waals surface area contributed by atoms with Crippen molar-refractivity contribution in [1.82, 2.24) is 24.5 Å². The molecule has 2 aromatic carbocycles. The summed E-state index contributed by atoms with van der Waals surface area (Å²) in [5, 5.41) is 12.9. The molecule has 29 heavy (non-hydrogen) atoms. The average molecular weight is 386 g/mol. The topological polar surface area (TPSA) is 78.3 Å². The first kappa shape index (κ1) is 16.7. The lowest BCUT2D eigenvalue weighted by molar-refractivity contribution is 0.237. The van der Waals surface area contributed by atoms with Gasteiger partial charge < -0.3 is 10.2 Å². The van der Waals surface area contributed by atoms with E-state index in [0.717, 1.165) is 46.2 Å². The Bertz CT molecular complexity index is 1400. The second-order valence-corrected chi connectivity index (χ2v) is 7.92. The standard InChI is InChI=1S/C22H22N6O/c29-22-19-14-12-25-26-15(14)6-7-18(19)28-13-24-17-5-4-16(20(22)21(17)28)23-8-11-27-9-2-1-3-10-27/h4-7,12-13,23H,1-3,8-11H2,(H,25,26). The Balaban J connectivity index is 1.51. The van der Waals surface area contributed by atoms with Crippen LogP contribution in [0.1, 0.15) is 19.3 Å². The SMILES string of the molecule is O=c1c2c(NCCN3CCCCC3)ccc3ncn(c4ccc5[nH]ncc5c14)c32. The molecule has 0 bridgehead atoms. The smallest absolute Gasteiger partial charge is 0.200 e. The van der Waals surface area contributed by atoms with Crippen LogP contribution in [0.2, 0.25) is 0 Å². The number of anilines is 1. The second kappa shape index (κ2) is 6.42. The van der Waals surface area contributed by atoms with Crippen molar-refractivity contribution in [3.05, 3.63) is 47.0 Å². The fourth-order valence-corrected chi connectivity index (χ4v) is 4.77. The Kier molecular flexibility index (Phi) is 3.70. The quantitative estimate of drug-likeness (QED) is 0.464. The fourth-order valence-electron chi connectivity index (χ4n) is 4.77. The highest BCUT2D eigenvalue weighted by Gasteiger charge is 2.18.